The number of hydrogen-bond acceptors (Lipinski definition) is 4. The van der Waals surface area contributed by atoms with Crippen LogP contribution in [0.25, 0.3) is 0 Å². The van der Waals surface area contributed by atoms with Gasteiger partial charge in [0.1, 0.15) is 11.6 Å². The van der Waals surface area contributed by atoms with Gasteiger partial charge in [0.2, 0.25) is 5.91 Å². The van der Waals surface area contributed by atoms with Crippen molar-refractivity contribution in [1.82, 2.24) is 10.2 Å². The second-order valence-corrected chi connectivity index (χ2v) is 7.06. The van der Waals surface area contributed by atoms with E-state index in [1.54, 1.807) is 25.7 Å². The molecule has 0 aromatic rings. The quantitative estimate of drug-likeness (QED) is 0.825. The second-order valence-electron chi connectivity index (χ2n) is 7.06. The van der Waals surface area contributed by atoms with Gasteiger partial charge in [-0.25, -0.2) is 4.79 Å². The number of carbonyl (C=O) groups is 2. The van der Waals surface area contributed by atoms with Gasteiger partial charge in [-0.3, -0.25) is 4.79 Å². The Morgan fingerprint density at radius 1 is 1.38 bits per heavy atom. The number of β-amino-alcohol motifs (C(OH)–C–C–N with tert-alkyl or cyclic N) is 1. The summed E-state index contributed by atoms with van der Waals surface area (Å²) < 4.78 is 5.21. The molecule has 0 aliphatic carbocycles. The van der Waals surface area contributed by atoms with Crippen LogP contribution in [-0.2, 0) is 9.53 Å². The molecule has 1 fully saturated rings. The molecule has 1 aliphatic rings. The van der Waals surface area contributed by atoms with Crippen LogP contribution in [0.3, 0.4) is 0 Å². The third-order valence-electron chi connectivity index (χ3n) is 3.17. The molecule has 0 aromatic heterocycles. The Hall–Kier alpha value is -1.30. The Balaban J connectivity index is 2.67. The van der Waals surface area contributed by atoms with Crippen molar-refractivity contribution in [2.24, 2.45) is 5.92 Å². The Bertz CT molecular complexity index is 376. The summed E-state index contributed by atoms with van der Waals surface area (Å²) >= 11 is 0. The van der Waals surface area contributed by atoms with Gasteiger partial charge in [-0.15, -0.1) is 0 Å². The number of carbonyl (C=O) groups excluding carboxylic acids is 2. The highest BCUT2D eigenvalue weighted by atomic mass is 16.6. The minimum atomic E-state index is -0.606. The molecule has 2 unspecified atom stereocenters. The SMILES string of the molecule is CC(C)CC(NC(=O)OC(C)(C)C)C(=O)N1CCC(O)C1. The lowest BCUT2D eigenvalue weighted by atomic mass is 10.0. The lowest BCUT2D eigenvalue weighted by Crippen LogP contribution is -2.49. The number of aliphatic hydroxyl groups excluding tert-OH is 1. The molecule has 1 rings (SSSR count). The van der Waals surface area contributed by atoms with E-state index in [1.165, 1.54) is 0 Å². The molecule has 6 nitrogen and oxygen atoms in total. The van der Waals surface area contributed by atoms with E-state index in [0.717, 1.165) is 0 Å². The largest absolute Gasteiger partial charge is 0.444 e. The van der Waals surface area contributed by atoms with Gasteiger partial charge in [0.15, 0.2) is 0 Å². The van der Waals surface area contributed by atoms with Crippen molar-refractivity contribution in [1.29, 1.82) is 0 Å². The topological polar surface area (TPSA) is 78.9 Å². The third-order valence-corrected chi connectivity index (χ3v) is 3.17. The van der Waals surface area contributed by atoms with Crippen LogP contribution in [0.1, 0.15) is 47.5 Å². The van der Waals surface area contributed by atoms with Crippen molar-refractivity contribution in [2.75, 3.05) is 13.1 Å². The van der Waals surface area contributed by atoms with Crippen LogP contribution >= 0.6 is 0 Å². The Labute approximate surface area is 126 Å². The standard InChI is InChI=1S/C15H28N2O4/c1-10(2)8-12(16-14(20)21-15(3,4)5)13(19)17-7-6-11(18)9-17/h10-12,18H,6-9H2,1-5H3,(H,16,20). The zero-order valence-electron chi connectivity index (χ0n) is 13.7. The maximum atomic E-state index is 12.5. The second kappa shape index (κ2) is 7.11. The first kappa shape index (κ1) is 17.8. The van der Waals surface area contributed by atoms with Crippen molar-refractivity contribution in [3.63, 3.8) is 0 Å². The maximum Gasteiger partial charge on any atom is 0.408 e. The number of likely N-dealkylation sites (tertiary alicyclic amines) is 1. The first-order valence-corrected chi connectivity index (χ1v) is 7.55. The maximum absolute atomic E-state index is 12.5. The minimum Gasteiger partial charge on any atom is -0.444 e. The van der Waals surface area contributed by atoms with Crippen molar-refractivity contribution in [3.05, 3.63) is 0 Å². The number of hydrogen-bond donors (Lipinski definition) is 2. The summed E-state index contributed by atoms with van der Waals surface area (Å²) in [6.45, 7) is 10.2. The molecule has 2 atom stereocenters. The molecule has 0 aromatic carbocycles. The van der Waals surface area contributed by atoms with Crippen LogP contribution < -0.4 is 5.32 Å². The summed E-state index contributed by atoms with van der Waals surface area (Å²) in [7, 11) is 0. The smallest absolute Gasteiger partial charge is 0.408 e. The molecule has 6 heteroatoms. The average Bonchev–Trinajstić information content (AvgIpc) is 2.70. The van der Waals surface area contributed by atoms with Crippen LogP contribution in [-0.4, -0.2) is 52.8 Å². The van der Waals surface area contributed by atoms with Gasteiger partial charge in [0, 0.05) is 13.1 Å². The number of aliphatic hydroxyl groups is 1. The normalized spacial score (nSPS) is 20.5. The molecule has 2 N–H and O–H groups in total. The fourth-order valence-corrected chi connectivity index (χ4v) is 2.31. The minimum absolute atomic E-state index is 0.147. The fourth-order valence-electron chi connectivity index (χ4n) is 2.31. The van der Waals surface area contributed by atoms with E-state index >= 15 is 0 Å². The summed E-state index contributed by atoms with van der Waals surface area (Å²) in [6.07, 6.45) is 0.0912. The lowest BCUT2D eigenvalue weighted by molar-refractivity contribution is -0.133. The summed E-state index contributed by atoms with van der Waals surface area (Å²) in [6, 6.07) is -0.606. The van der Waals surface area contributed by atoms with E-state index in [0.29, 0.717) is 25.9 Å². The number of ether oxygens (including phenoxy) is 1. The summed E-state index contributed by atoms with van der Waals surface area (Å²) in [5, 5.41) is 12.2. The van der Waals surface area contributed by atoms with Gasteiger partial charge in [0.05, 0.1) is 6.10 Å². The van der Waals surface area contributed by atoms with Crippen LogP contribution in [0.15, 0.2) is 0 Å². The zero-order valence-corrected chi connectivity index (χ0v) is 13.7. The number of nitrogens with zero attached hydrogens (tertiary/aromatic N) is 1. The predicted octanol–water partition coefficient (Wildman–Crippen LogP) is 1.52. The summed E-state index contributed by atoms with van der Waals surface area (Å²) in [4.78, 5) is 26.0. The van der Waals surface area contributed by atoms with Crippen LogP contribution in [0.5, 0.6) is 0 Å². The zero-order chi connectivity index (χ0) is 16.2. The third kappa shape index (κ3) is 6.33. The van der Waals surface area contributed by atoms with Gasteiger partial charge in [-0.2, -0.15) is 0 Å². The predicted molar refractivity (Wildman–Crippen MR) is 79.8 cm³/mol. The van der Waals surface area contributed by atoms with E-state index in [9.17, 15) is 14.7 Å². The van der Waals surface area contributed by atoms with Gasteiger partial charge >= 0.3 is 6.09 Å². The number of nitrogens with one attached hydrogen (secondary N) is 1. The van der Waals surface area contributed by atoms with E-state index in [1.807, 2.05) is 13.8 Å². The summed E-state index contributed by atoms with van der Waals surface area (Å²) in [5.74, 6) is 0.118. The van der Waals surface area contributed by atoms with Gasteiger partial charge < -0.3 is 20.1 Å². The van der Waals surface area contributed by atoms with E-state index < -0.39 is 23.8 Å². The molecule has 0 saturated carbocycles. The highest BCUT2D eigenvalue weighted by Crippen LogP contribution is 2.15. The average molecular weight is 300 g/mol. The van der Waals surface area contributed by atoms with Gasteiger partial charge in [0.25, 0.3) is 0 Å². The summed E-state index contributed by atoms with van der Waals surface area (Å²) in [5.41, 5.74) is -0.598. The van der Waals surface area contributed by atoms with Crippen LogP contribution in [0.2, 0.25) is 0 Å². The first-order chi connectivity index (χ1) is 9.58. The van der Waals surface area contributed by atoms with Gasteiger partial charge in [-0.05, 0) is 39.5 Å². The number of rotatable bonds is 4. The molecule has 1 aliphatic heterocycles. The highest BCUT2D eigenvalue weighted by molar-refractivity contribution is 5.86. The van der Waals surface area contributed by atoms with Gasteiger partial charge in [-0.1, -0.05) is 13.8 Å². The Kier molecular flexibility index (Phi) is 6.01. The molecular formula is C15H28N2O4. The van der Waals surface area contributed by atoms with E-state index in [2.05, 4.69) is 5.32 Å². The molecule has 1 saturated heterocycles. The monoisotopic (exact) mass is 300 g/mol. The molecule has 21 heavy (non-hydrogen) atoms. The number of alkyl carbamates (subject to hydrolysis) is 1. The highest BCUT2D eigenvalue weighted by Gasteiger charge is 2.32. The first-order valence-electron chi connectivity index (χ1n) is 7.55. The molecule has 122 valence electrons. The Morgan fingerprint density at radius 2 is 2.00 bits per heavy atom. The molecule has 1 heterocycles. The lowest BCUT2D eigenvalue weighted by Gasteiger charge is -2.27. The van der Waals surface area contributed by atoms with E-state index in [4.69, 9.17) is 4.74 Å². The van der Waals surface area contributed by atoms with Crippen LogP contribution in [0.4, 0.5) is 4.79 Å². The van der Waals surface area contributed by atoms with Crippen LogP contribution in [0, 0.1) is 5.92 Å². The molecule has 0 radical (unpaired) electrons. The molecule has 0 bridgehead atoms. The van der Waals surface area contributed by atoms with E-state index in [-0.39, 0.29) is 11.8 Å². The van der Waals surface area contributed by atoms with Crippen molar-refractivity contribution < 1.29 is 19.4 Å². The van der Waals surface area contributed by atoms with Crippen molar-refractivity contribution in [2.45, 2.75) is 65.2 Å². The Morgan fingerprint density at radius 3 is 2.43 bits per heavy atom. The number of amides is 2. The molecule has 2 amide bonds. The fraction of sp³-hybridized carbons (Fsp3) is 0.867. The molecule has 0 spiro atoms. The van der Waals surface area contributed by atoms with Crippen molar-refractivity contribution >= 4 is 12.0 Å². The molecular weight excluding hydrogens is 272 g/mol. The van der Waals surface area contributed by atoms with Crippen molar-refractivity contribution in [3.8, 4) is 0 Å².